The highest BCUT2D eigenvalue weighted by molar-refractivity contribution is 9.10. The second kappa shape index (κ2) is 7.38. The molecule has 5 nitrogen and oxygen atoms in total. The minimum Gasteiger partial charge on any atom is -0.325 e. The third-order valence-corrected chi connectivity index (χ3v) is 3.30. The van der Waals surface area contributed by atoms with Gasteiger partial charge in [-0.1, -0.05) is 15.9 Å². The van der Waals surface area contributed by atoms with Crippen LogP contribution in [0.5, 0.6) is 0 Å². The third-order valence-electron chi connectivity index (χ3n) is 2.77. The molecule has 0 radical (unpaired) electrons. The smallest absolute Gasteiger partial charge is 0.255 e. The van der Waals surface area contributed by atoms with Crippen LogP contribution in [-0.2, 0) is 4.79 Å². The molecule has 2 rings (SSSR count). The molecule has 6 heteroatoms. The number of rotatable bonds is 4. The van der Waals surface area contributed by atoms with Crippen LogP contribution in [0.15, 0.2) is 53.0 Å². The van der Waals surface area contributed by atoms with Crippen LogP contribution in [0.4, 0.5) is 11.4 Å². The topological polar surface area (TPSA) is 82.0 Å². The fourth-order valence-corrected chi connectivity index (χ4v) is 1.98. The summed E-state index contributed by atoms with van der Waals surface area (Å²) in [6.07, 6.45) is -0.192. The van der Waals surface area contributed by atoms with Crippen molar-refractivity contribution in [1.82, 2.24) is 0 Å². The number of halogens is 1. The number of hydrogen-bond donors (Lipinski definition) is 2. The van der Waals surface area contributed by atoms with Crippen molar-refractivity contribution in [3.8, 4) is 6.07 Å². The summed E-state index contributed by atoms with van der Waals surface area (Å²) in [5.41, 5.74) is 1.74. The van der Waals surface area contributed by atoms with Gasteiger partial charge < -0.3 is 10.6 Å². The van der Waals surface area contributed by atoms with Gasteiger partial charge in [-0.05, 0) is 48.5 Å². The van der Waals surface area contributed by atoms with E-state index in [-0.39, 0.29) is 18.2 Å². The molecule has 0 aromatic heterocycles. The Kier molecular flexibility index (Phi) is 5.28. The first-order chi connectivity index (χ1) is 10.6. The van der Waals surface area contributed by atoms with Crippen LogP contribution in [0.1, 0.15) is 16.8 Å². The molecular formula is C16H12BrN3O2. The SMILES string of the molecule is N#CCC(=O)Nc1ccc(NC(=O)c2ccc(Br)cc2)cc1. The molecule has 0 aliphatic rings. The fourth-order valence-electron chi connectivity index (χ4n) is 1.72. The standard InChI is InChI=1S/C16H12BrN3O2/c17-12-3-1-11(2-4-12)16(22)20-14-7-5-13(6-8-14)19-15(21)9-10-18/h1-8H,9H2,(H,19,21)(H,20,22). The average molecular weight is 358 g/mol. The molecule has 110 valence electrons. The van der Waals surface area contributed by atoms with E-state index in [1.807, 2.05) is 0 Å². The molecule has 0 spiro atoms. The molecule has 0 heterocycles. The largest absolute Gasteiger partial charge is 0.325 e. The Morgan fingerprint density at radius 3 is 2.05 bits per heavy atom. The van der Waals surface area contributed by atoms with Crippen LogP contribution in [0.2, 0.25) is 0 Å². The summed E-state index contributed by atoms with van der Waals surface area (Å²) in [4.78, 5) is 23.3. The lowest BCUT2D eigenvalue weighted by atomic mass is 10.2. The van der Waals surface area contributed by atoms with Gasteiger partial charge in [0.15, 0.2) is 0 Å². The van der Waals surface area contributed by atoms with E-state index in [1.165, 1.54) is 0 Å². The lowest BCUT2D eigenvalue weighted by molar-refractivity contribution is -0.115. The van der Waals surface area contributed by atoms with Crippen LogP contribution in [-0.4, -0.2) is 11.8 Å². The van der Waals surface area contributed by atoms with Crippen molar-refractivity contribution in [3.05, 3.63) is 58.6 Å². The molecule has 0 saturated carbocycles. The number of anilines is 2. The average Bonchev–Trinajstić information content (AvgIpc) is 2.50. The minimum atomic E-state index is -0.367. The number of amides is 2. The zero-order valence-electron chi connectivity index (χ0n) is 11.5. The molecular weight excluding hydrogens is 346 g/mol. The first-order valence-electron chi connectivity index (χ1n) is 6.42. The summed E-state index contributed by atoms with van der Waals surface area (Å²) >= 11 is 3.31. The van der Waals surface area contributed by atoms with E-state index >= 15 is 0 Å². The van der Waals surface area contributed by atoms with Gasteiger partial charge in [0.05, 0.1) is 6.07 Å². The Morgan fingerprint density at radius 2 is 1.50 bits per heavy atom. The molecule has 2 aromatic rings. The van der Waals surface area contributed by atoms with Crippen molar-refractivity contribution in [2.24, 2.45) is 0 Å². The molecule has 0 fully saturated rings. The van der Waals surface area contributed by atoms with Crippen LogP contribution in [0.25, 0.3) is 0 Å². The molecule has 0 unspecified atom stereocenters. The monoisotopic (exact) mass is 357 g/mol. The second-order valence-electron chi connectivity index (χ2n) is 4.42. The molecule has 22 heavy (non-hydrogen) atoms. The van der Waals surface area contributed by atoms with E-state index in [2.05, 4.69) is 26.6 Å². The maximum Gasteiger partial charge on any atom is 0.255 e. The van der Waals surface area contributed by atoms with Gasteiger partial charge in [-0.25, -0.2) is 0 Å². The van der Waals surface area contributed by atoms with Crippen LogP contribution in [0.3, 0.4) is 0 Å². The molecule has 0 aliphatic heterocycles. The first-order valence-corrected chi connectivity index (χ1v) is 7.21. The molecule has 0 saturated heterocycles. The number of nitrogens with one attached hydrogen (secondary N) is 2. The number of nitrogens with zero attached hydrogens (tertiary/aromatic N) is 1. The van der Waals surface area contributed by atoms with E-state index in [9.17, 15) is 9.59 Å². The van der Waals surface area contributed by atoms with Gasteiger partial charge in [-0.2, -0.15) is 5.26 Å². The summed E-state index contributed by atoms with van der Waals surface area (Å²) in [6, 6.07) is 15.5. The van der Waals surface area contributed by atoms with E-state index in [1.54, 1.807) is 54.6 Å². The van der Waals surface area contributed by atoms with Gasteiger partial charge in [-0.3, -0.25) is 9.59 Å². The lowest BCUT2D eigenvalue weighted by Crippen LogP contribution is -2.12. The summed E-state index contributed by atoms with van der Waals surface area (Å²) in [7, 11) is 0. The number of hydrogen-bond acceptors (Lipinski definition) is 3. The number of benzene rings is 2. The summed E-state index contributed by atoms with van der Waals surface area (Å²) in [6.45, 7) is 0. The fraction of sp³-hybridized carbons (Fsp3) is 0.0625. The number of nitriles is 1. The number of carbonyl (C=O) groups is 2. The third kappa shape index (κ3) is 4.43. The van der Waals surface area contributed by atoms with E-state index < -0.39 is 0 Å². The minimum absolute atomic E-state index is 0.192. The van der Waals surface area contributed by atoms with Crippen LogP contribution < -0.4 is 10.6 Å². The van der Waals surface area contributed by atoms with Crippen molar-refractivity contribution < 1.29 is 9.59 Å². The maximum absolute atomic E-state index is 12.0. The van der Waals surface area contributed by atoms with Crippen molar-refractivity contribution in [3.63, 3.8) is 0 Å². The Bertz CT molecular complexity index is 719. The normalized spacial score (nSPS) is 9.64. The summed E-state index contributed by atoms with van der Waals surface area (Å²) in [5.74, 6) is -0.581. The summed E-state index contributed by atoms with van der Waals surface area (Å²) < 4.78 is 0.904. The highest BCUT2D eigenvalue weighted by atomic mass is 79.9. The maximum atomic E-state index is 12.0. The first kappa shape index (κ1) is 15.7. The quantitative estimate of drug-likeness (QED) is 0.877. The zero-order valence-corrected chi connectivity index (χ0v) is 13.1. The highest BCUT2D eigenvalue weighted by Gasteiger charge is 2.06. The summed E-state index contributed by atoms with van der Waals surface area (Å²) in [5, 5.41) is 13.8. The Morgan fingerprint density at radius 1 is 0.955 bits per heavy atom. The molecule has 0 aliphatic carbocycles. The van der Waals surface area contributed by atoms with Gasteiger partial charge in [0.1, 0.15) is 6.42 Å². The predicted octanol–water partition coefficient (Wildman–Crippen LogP) is 3.55. The van der Waals surface area contributed by atoms with Crippen molar-refractivity contribution in [1.29, 1.82) is 5.26 Å². The van der Waals surface area contributed by atoms with Crippen LogP contribution in [0, 0.1) is 11.3 Å². The van der Waals surface area contributed by atoms with Crippen LogP contribution >= 0.6 is 15.9 Å². The molecule has 0 bridgehead atoms. The Hall–Kier alpha value is -2.65. The van der Waals surface area contributed by atoms with Crippen molar-refractivity contribution >= 4 is 39.1 Å². The molecule has 2 N–H and O–H groups in total. The predicted molar refractivity (Wildman–Crippen MR) is 87.4 cm³/mol. The van der Waals surface area contributed by atoms with E-state index in [0.29, 0.717) is 16.9 Å². The van der Waals surface area contributed by atoms with Gasteiger partial charge >= 0.3 is 0 Å². The van der Waals surface area contributed by atoms with Gasteiger partial charge in [-0.15, -0.1) is 0 Å². The Balaban J connectivity index is 1.99. The van der Waals surface area contributed by atoms with E-state index in [4.69, 9.17) is 5.26 Å². The van der Waals surface area contributed by atoms with Gasteiger partial charge in [0, 0.05) is 21.4 Å². The number of carbonyl (C=O) groups excluding carboxylic acids is 2. The van der Waals surface area contributed by atoms with Crippen molar-refractivity contribution in [2.45, 2.75) is 6.42 Å². The highest BCUT2D eigenvalue weighted by Crippen LogP contribution is 2.16. The molecule has 2 amide bonds. The lowest BCUT2D eigenvalue weighted by Gasteiger charge is -2.07. The zero-order chi connectivity index (χ0) is 15.9. The molecule has 2 aromatic carbocycles. The van der Waals surface area contributed by atoms with E-state index in [0.717, 1.165) is 4.47 Å². The molecule has 0 atom stereocenters. The van der Waals surface area contributed by atoms with Crippen molar-refractivity contribution in [2.75, 3.05) is 10.6 Å². The van der Waals surface area contributed by atoms with Gasteiger partial charge in [0.25, 0.3) is 5.91 Å². The second-order valence-corrected chi connectivity index (χ2v) is 5.34. The Labute approximate surface area is 136 Å². The van der Waals surface area contributed by atoms with Gasteiger partial charge in [0.2, 0.25) is 5.91 Å².